The summed E-state index contributed by atoms with van der Waals surface area (Å²) in [6.07, 6.45) is 5.56. The zero-order chi connectivity index (χ0) is 14.1. The van der Waals surface area contributed by atoms with E-state index in [9.17, 15) is 0 Å². The molecule has 2 aromatic heterocycles. The fourth-order valence-corrected chi connectivity index (χ4v) is 4.63. The Morgan fingerprint density at radius 1 is 1.38 bits per heavy atom. The van der Waals surface area contributed by atoms with Gasteiger partial charge < -0.3 is 9.30 Å². The van der Waals surface area contributed by atoms with Crippen LogP contribution in [0.1, 0.15) is 31.0 Å². The van der Waals surface area contributed by atoms with Crippen molar-refractivity contribution in [3.8, 4) is 0 Å². The second kappa shape index (κ2) is 5.97. The molecule has 5 heteroatoms. The summed E-state index contributed by atoms with van der Waals surface area (Å²) in [5, 5.41) is 0. The van der Waals surface area contributed by atoms with Gasteiger partial charge >= 0.3 is 0 Å². The molecule has 21 heavy (non-hydrogen) atoms. The van der Waals surface area contributed by atoms with Crippen LogP contribution in [0.4, 0.5) is 0 Å². The molecule has 0 N–H and O–H groups in total. The van der Waals surface area contributed by atoms with E-state index < -0.39 is 0 Å². The third kappa shape index (κ3) is 2.69. The van der Waals surface area contributed by atoms with E-state index in [1.54, 1.807) is 0 Å². The van der Waals surface area contributed by atoms with Gasteiger partial charge in [0.1, 0.15) is 11.3 Å². The number of fused-ring (bicyclic) bond motifs is 1. The van der Waals surface area contributed by atoms with Crippen molar-refractivity contribution in [2.24, 2.45) is 5.92 Å². The predicted molar refractivity (Wildman–Crippen MR) is 85.8 cm³/mol. The lowest BCUT2D eigenvalue weighted by Crippen LogP contribution is -2.23. The summed E-state index contributed by atoms with van der Waals surface area (Å²) in [5.41, 5.74) is 2.09. The molecule has 2 fully saturated rings. The molecule has 2 aromatic rings. The van der Waals surface area contributed by atoms with Crippen molar-refractivity contribution in [3.63, 3.8) is 0 Å². The number of thioether (sulfide) groups is 1. The maximum absolute atomic E-state index is 5.65. The predicted octanol–water partition coefficient (Wildman–Crippen LogP) is 3.08. The maximum Gasteiger partial charge on any atom is 0.160 e. The lowest BCUT2D eigenvalue weighted by atomic mass is 10.0. The Morgan fingerprint density at radius 3 is 3.19 bits per heavy atom. The van der Waals surface area contributed by atoms with Crippen LogP contribution in [0.3, 0.4) is 0 Å². The van der Waals surface area contributed by atoms with E-state index in [0.717, 1.165) is 30.9 Å². The molecule has 2 unspecified atom stereocenters. The molecule has 2 saturated heterocycles. The van der Waals surface area contributed by atoms with E-state index in [-0.39, 0.29) is 0 Å². The van der Waals surface area contributed by atoms with Crippen molar-refractivity contribution >= 4 is 22.9 Å². The third-order valence-electron chi connectivity index (χ3n) is 4.52. The molecule has 4 nitrogen and oxygen atoms in total. The Labute approximate surface area is 129 Å². The number of ether oxygens (including phenoxy) is 1. The van der Waals surface area contributed by atoms with E-state index in [0.29, 0.717) is 11.8 Å². The van der Waals surface area contributed by atoms with Gasteiger partial charge in [-0.15, -0.1) is 0 Å². The highest BCUT2D eigenvalue weighted by Crippen LogP contribution is 2.34. The molecule has 2 aliphatic heterocycles. The lowest BCUT2D eigenvalue weighted by Gasteiger charge is -2.24. The number of nitrogens with zero attached hydrogens (tertiary/aromatic N) is 3. The van der Waals surface area contributed by atoms with Gasteiger partial charge in [0.2, 0.25) is 0 Å². The van der Waals surface area contributed by atoms with E-state index in [4.69, 9.17) is 9.72 Å². The molecule has 112 valence electrons. The minimum atomic E-state index is 0.591. The highest BCUT2D eigenvalue weighted by atomic mass is 32.2. The minimum Gasteiger partial charge on any atom is -0.381 e. The Hall–Kier alpha value is -1.07. The number of rotatable bonds is 3. The zero-order valence-corrected chi connectivity index (χ0v) is 13.0. The van der Waals surface area contributed by atoms with E-state index in [1.807, 2.05) is 24.0 Å². The monoisotopic (exact) mass is 303 g/mol. The molecule has 0 aromatic carbocycles. The molecule has 4 rings (SSSR count). The van der Waals surface area contributed by atoms with Crippen LogP contribution in [0.2, 0.25) is 0 Å². The standard InChI is InChI=1S/C16H21N3OS/c1-4-14-16(17-6-1)19(9-12-3-2-7-20-10-12)15(18-14)13-5-8-21-11-13/h1,4,6,12-13H,2-3,5,7-11H2. The summed E-state index contributed by atoms with van der Waals surface area (Å²) >= 11 is 2.04. The van der Waals surface area contributed by atoms with Crippen molar-refractivity contribution < 1.29 is 4.74 Å². The summed E-state index contributed by atoms with van der Waals surface area (Å²) < 4.78 is 8.03. The van der Waals surface area contributed by atoms with Crippen molar-refractivity contribution in [2.75, 3.05) is 24.7 Å². The van der Waals surface area contributed by atoms with Crippen molar-refractivity contribution in [1.82, 2.24) is 14.5 Å². The van der Waals surface area contributed by atoms with E-state index >= 15 is 0 Å². The molecule has 0 saturated carbocycles. The van der Waals surface area contributed by atoms with Gasteiger partial charge in [-0.2, -0.15) is 11.8 Å². The average Bonchev–Trinajstić information content (AvgIpc) is 3.16. The molecule has 2 aliphatic rings. The van der Waals surface area contributed by atoms with Gasteiger partial charge in [-0.25, -0.2) is 9.97 Å². The Kier molecular flexibility index (Phi) is 3.86. The maximum atomic E-state index is 5.65. The van der Waals surface area contributed by atoms with Gasteiger partial charge in [-0.05, 0) is 37.1 Å². The fourth-order valence-electron chi connectivity index (χ4n) is 3.42. The first kappa shape index (κ1) is 13.6. The van der Waals surface area contributed by atoms with Crippen LogP contribution in [0, 0.1) is 5.92 Å². The fraction of sp³-hybridized carbons (Fsp3) is 0.625. The van der Waals surface area contributed by atoms with Crippen LogP contribution in [0.15, 0.2) is 18.3 Å². The van der Waals surface area contributed by atoms with Crippen LogP contribution in [-0.4, -0.2) is 39.3 Å². The summed E-state index contributed by atoms with van der Waals surface area (Å²) in [7, 11) is 0. The van der Waals surface area contributed by atoms with E-state index in [1.165, 1.54) is 36.6 Å². The molecule has 0 spiro atoms. The SMILES string of the molecule is c1cnc2c(c1)nc(C1CCSC1)n2CC1CCCOC1. The summed E-state index contributed by atoms with van der Waals surface area (Å²) in [5.74, 6) is 4.90. The normalized spacial score (nSPS) is 26.5. The molecule has 0 amide bonds. The largest absolute Gasteiger partial charge is 0.381 e. The molecular formula is C16H21N3OS. The van der Waals surface area contributed by atoms with Gasteiger partial charge in [0.25, 0.3) is 0 Å². The van der Waals surface area contributed by atoms with Crippen LogP contribution >= 0.6 is 11.8 Å². The molecule has 0 bridgehead atoms. The topological polar surface area (TPSA) is 39.9 Å². The second-order valence-electron chi connectivity index (χ2n) is 6.07. The molecule has 0 aliphatic carbocycles. The minimum absolute atomic E-state index is 0.591. The third-order valence-corrected chi connectivity index (χ3v) is 5.69. The quantitative estimate of drug-likeness (QED) is 0.873. The van der Waals surface area contributed by atoms with Gasteiger partial charge in [0, 0.05) is 36.9 Å². The molecule has 4 heterocycles. The van der Waals surface area contributed by atoms with Gasteiger partial charge in [0.05, 0.1) is 6.61 Å². The first-order chi connectivity index (χ1) is 10.4. The Morgan fingerprint density at radius 2 is 2.38 bits per heavy atom. The van der Waals surface area contributed by atoms with Gasteiger partial charge in [-0.3, -0.25) is 0 Å². The number of imidazole rings is 1. The van der Waals surface area contributed by atoms with Gasteiger partial charge in [-0.1, -0.05) is 0 Å². The van der Waals surface area contributed by atoms with Crippen LogP contribution < -0.4 is 0 Å². The number of aromatic nitrogens is 3. The van der Waals surface area contributed by atoms with Crippen LogP contribution in [0.5, 0.6) is 0 Å². The zero-order valence-electron chi connectivity index (χ0n) is 12.2. The van der Waals surface area contributed by atoms with Crippen LogP contribution in [0.25, 0.3) is 11.2 Å². The summed E-state index contributed by atoms with van der Waals surface area (Å²) in [4.78, 5) is 9.50. The van der Waals surface area contributed by atoms with Crippen molar-refractivity contribution in [1.29, 1.82) is 0 Å². The Balaban J connectivity index is 1.70. The van der Waals surface area contributed by atoms with Crippen molar-refractivity contribution in [3.05, 3.63) is 24.2 Å². The highest BCUT2D eigenvalue weighted by Gasteiger charge is 2.26. The van der Waals surface area contributed by atoms with Gasteiger partial charge in [0.15, 0.2) is 5.65 Å². The van der Waals surface area contributed by atoms with E-state index in [2.05, 4.69) is 15.6 Å². The number of pyridine rings is 1. The average molecular weight is 303 g/mol. The van der Waals surface area contributed by atoms with Crippen molar-refractivity contribution in [2.45, 2.75) is 31.7 Å². The Bertz CT molecular complexity index is 615. The second-order valence-corrected chi connectivity index (χ2v) is 7.22. The first-order valence-corrected chi connectivity index (χ1v) is 9.04. The molecule has 2 atom stereocenters. The smallest absolute Gasteiger partial charge is 0.160 e. The first-order valence-electron chi connectivity index (χ1n) is 7.88. The summed E-state index contributed by atoms with van der Waals surface area (Å²) in [6, 6.07) is 4.07. The van der Waals surface area contributed by atoms with Crippen LogP contribution in [-0.2, 0) is 11.3 Å². The summed E-state index contributed by atoms with van der Waals surface area (Å²) in [6.45, 7) is 2.81. The lowest BCUT2D eigenvalue weighted by molar-refractivity contribution is 0.0483. The number of hydrogen-bond donors (Lipinski definition) is 0. The molecule has 0 radical (unpaired) electrons. The number of hydrogen-bond acceptors (Lipinski definition) is 4. The highest BCUT2D eigenvalue weighted by molar-refractivity contribution is 7.99. The molecular weight excluding hydrogens is 282 g/mol.